The second-order valence-corrected chi connectivity index (χ2v) is 4.51. The second kappa shape index (κ2) is 4.62. The number of phosphoric acid groups is 1. The van der Waals surface area contributed by atoms with Gasteiger partial charge >= 0.3 is 13.8 Å². The monoisotopic (exact) mass is 254 g/mol. The molecule has 16 heavy (non-hydrogen) atoms. The number of aliphatic hydroxyl groups excluding tert-OH is 2. The van der Waals surface area contributed by atoms with Gasteiger partial charge in [-0.05, 0) is 6.08 Å². The summed E-state index contributed by atoms with van der Waals surface area (Å²) in [7, 11) is -4.86. The quantitative estimate of drug-likeness (QED) is 0.387. The van der Waals surface area contributed by atoms with Gasteiger partial charge in [-0.25, -0.2) is 9.36 Å². The van der Waals surface area contributed by atoms with E-state index in [-0.39, 0.29) is 12.0 Å². The maximum atomic E-state index is 10.6. The van der Waals surface area contributed by atoms with Crippen LogP contribution in [0.25, 0.3) is 0 Å². The Morgan fingerprint density at radius 2 is 2.00 bits per heavy atom. The Morgan fingerprint density at radius 1 is 1.44 bits per heavy atom. The van der Waals surface area contributed by atoms with Gasteiger partial charge in [0.15, 0.2) is 0 Å². The molecule has 3 atom stereocenters. The summed E-state index contributed by atoms with van der Waals surface area (Å²) in [6.07, 6.45) is -3.99. The predicted molar refractivity (Wildman–Crippen MR) is 49.3 cm³/mol. The maximum Gasteiger partial charge on any atom is 0.470 e. The summed E-state index contributed by atoms with van der Waals surface area (Å²) < 4.78 is 14.7. The van der Waals surface area contributed by atoms with E-state index in [1.54, 1.807) is 0 Å². The average molecular weight is 254 g/mol. The number of rotatable bonds is 3. The fourth-order valence-electron chi connectivity index (χ4n) is 1.34. The minimum absolute atomic E-state index is 0.267. The molecule has 92 valence electrons. The molecule has 1 aliphatic rings. The summed E-state index contributed by atoms with van der Waals surface area (Å²) in [5, 5.41) is 27.3. The van der Waals surface area contributed by atoms with E-state index in [1.165, 1.54) is 0 Å². The second-order valence-electron chi connectivity index (χ2n) is 3.32. The number of carbonyl (C=O) groups is 1. The number of aliphatic hydroxyl groups is 2. The van der Waals surface area contributed by atoms with E-state index in [0.29, 0.717) is 0 Å². The lowest BCUT2D eigenvalue weighted by Crippen LogP contribution is -2.41. The Bertz CT molecular complexity index is 357. The van der Waals surface area contributed by atoms with Gasteiger partial charge in [-0.3, -0.25) is 4.52 Å². The van der Waals surface area contributed by atoms with Crippen molar-refractivity contribution in [3.63, 3.8) is 0 Å². The van der Waals surface area contributed by atoms with Crippen molar-refractivity contribution < 1.29 is 39.0 Å². The molecular formula is C7H11O8P. The molecule has 0 aliphatic heterocycles. The lowest BCUT2D eigenvalue weighted by atomic mass is 9.92. The normalized spacial score (nSPS) is 31.0. The zero-order valence-electron chi connectivity index (χ0n) is 7.92. The number of carboxylic acid groups (broad SMARTS) is 1. The smallest absolute Gasteiger partial charge is 0.470 e. The molecule has 0 aromatic rings. The Labute approximate surface area is 90.0 Å². The van der Waals surface area contributed by atoms with Gasteiger partial charge in [0.05, 0.1) is 6.10 Å². The zero-order chi connectivity index (χ0) is 12.5. The molecule has 0 saturated carbocycles. The van der Waals surface area contributed by atoms with Gasteiger partial charge in [0.1, 0.15) is 12.2 Å². The number of aliphatic carboxylic acids is 1. The van der Waals surface area contributed by atoms with Crippen LogP contribution < -0.4 is 0 Å². The first-order valence-electron chi connectivity index (χ1n) is 4.25. The zero-order valence-corrected chi connectivity index (χ0v) is 8.82. The summed E-state index contributed by atoms with van der Waals surface area (Å²) in [4.78, 5) is 27.6. The van der Waals surface area contributed by atoms with Crippen molar-refractivity contribution in [3.8, 4) is 0 Å². The summed E-state index contributed by atoms with van der Waals surface area (Å²) in [5.74, 6) is -1.34. The summed E-state index contributed by atoms with van der Waals surface area (Å²) in [6.45, 7) is 0. The molecule has 0 heterocycles. The van der Waals surface area contributed by atoms with E-state index in [1.807, 2.05) is 0 Å². The first kappa shape index (κ1) is 13.3. The molecule has 8 nitrogen and oxygen atoms in total. The largest absolute Gasteiger partial charge is 0.478 e. The average Bonchev–Trinajstić information content (AvgIpc) is 2.10. The van der Waals surface area contributed by atoms with E-state index in [9.17, 15) is 19.6 Å². The van der Waals surface area contributed by atoms with Crippen LogP contribution in [0.3, 0.4) is 0 Å². The Balaban J connectivity index is 2.92. The number of hydrogen-bond acceptors (Lipinski definition) is 5. The Kier molecular flexibility index (Phi) is 3.84. The molecule has 0 saturated heterocycles. The van der Waals surface area contributed by atoms with Crippen LogP contribution in [0.2, 0.25) is 0 Å². The van der Waals surface area contributed by atoms with Crippen molar-refractivity contribution in [2.24, 2.45) is 0 Å². The molecule has 0 fully saturated rings. The van der Waals surface area contributed by atoms with Crippen molar-refractivity contribution in [1.29, 1.82) is 0 Å². The fraction of sp³-hybridized carbons (Fsp3) is 0.571. The Morgan fingerprint density at radius 3 is 2.44 bits per heavy atom. The topological polar surface area (TPSA) is 145 Å². The van der Waals surface area contributed by atoms with E-state index in [0.717, 1.165) is 6.08 Å². The molecule has 0 unspecified atom stereocenters. The lowest BCUT2D eigenvalue weighted by molar-refractivity contribution is -0.134. The van der Waals surface area contributed by atoms with Gasteiger partial charge in [-0.1, -0.05) is 0 Å². The van der Waals surface area contributed by atoms with Gasteiger partial charge in [0.25, 0.3) is 0 Å². The standard InChI is InChI=1S/C7H11O8P/c8-4-1-3(7(10)11)2-5(6(4)9)15-16(12,13)14/h2,4-6,8-9H,1H2,(H,10,11)(H2,12,13,14)/t4-,5-,6+/m1/s1. The lowest BCUT2D eigenvalue weighted by Gasteiger charge is -2.29. The van der Waals surface area contributed by atoms with Crippen LogP contribution in [0.4, 0.5) is 0 Å². The van der Waals surface area contributed by atoms with Crippen molar-refractivity contribution >= 4 is 13.8 Å². The maximum absolute atomic E-state index is 10.6. The molecule has 0 aromatic heterocycles. The molecular weight excluding hydrogens is 243 g/mol. The fourth-order valence-corrected chi connectivity index (χ4v) is 1.84. The number of carboxylic acids is 1. The minimum atomic E-state index is -4.86. The van der Waals surface area contributed by atoms with Crippen LogP contribution in [0.15, 0.2) is 11.6 Å². The third kappa shape index (κ3) is 3.38. The van der Waals surface area contributed by atoms with Gasteiger partial charge < -0.3 is 25.1 Å². The summed E-state index contributed by atoms with van der Waals surface area (Å²) in [5.41, 5.74) is -0.267. The van der Waals surface area contributed by atoms with Gasteiger partial charge in [0.2, 0.25) is 0 Å². The van der Waals surface area contributed by atoms with Crippen LogP contribution in [0.5, 0.6) is 0 Å². The first-order chi connectivity index (χ1) is 7.20. The molecule has 9 heteroatoms. The minimum Gasteiger partial charge on any atom is -0.478 e. The van der Waals surface area contributed by atoms with Gasteiger partial charge in [0, 0.05) is 12.0 Å². The highest BCUT2D eigenvalue weighted by Gasteiger charge is 2.36. The Hall–Kier alpha value is -0.760. The predicted octanol–water partition coefficient (Wildman–Crippen LogP) is -1.40. The summed E-state index contributed by atoms with van der Waals surface area (Å²) >= 11 is 0. The molecule has 1 aliphatic carbocycles. The molecule has 0 spiro atoms. The number of phosphoric ester groups is 1. The van der Waals surface area contributed by atoms with E-state index >= 15 is 0 Å². The highest BCUT2D eigenvalue weighted by molar-refractivity contribution is 7.46. The van der Waals surface area contributed by atoms with E-state index in [2.05, 4.69) is 4.52 Å². The molecule has 0 radical (unpaired) electrons. The van der Waals surface area contributed by atoms with Crippen molar-refractivity contribution in [2.75, 3.05) is 0 Å². The van der Waals surface area contributed by atoms with Crippen LogP contribution in [-0.2, 0) is 13.9 Å². The SMILES string of the molecule is O=C(O)C1=C[C@@H](OP(=O)(O)O)[C@@H](O)[C@H](O)C1. The van der Waals surface area contributed by atoms with Crippen LogP contribution in [-0.4, -0.2) is 49.4 Å². The van der Waals surface area contributed by atoms with Crippen molar-refractivity contribution in [1.82, 2.24) is 0 Å². The van der Waals surface area contributed by atoms with Gasteiger partial charge in [-0.15, -0.1) is 0 Å². The van der Waals surface area contributed by atoms with E-state index in [4.69, 9.17) is 14.9 Å². The third-order valence-electron chi connectivity index (χ3n) is 2.06. The van der Waals surface area contributed by atoms with Crippen molar-refractivity contribution in [3.05, 3.63) is 11.6 Å². The van der Waals surface area contributed by atoms with Gasteiger partial charge in [-0.2, -0.15) is 0 Å². The van der Waals surface area contributed by atoms with Crippen LogP contribution >= 0.6 is 7.82 Å². The third-order valence-corrected chi connectivity index (χ3v) is 2.58. The molecule has 5 N–H and O–H groups in total. The first-order valence-corrected chi connectivity index (χ1v) is 5.78. The highest BCUT2D eigenvalue weighted by Crippen LogP contribution is 2.40. The summed E-state index contributed by atoms with van der Waals surface area (Å²) in [6, 6.07) is 0. The number of hydrogen-bond donors (Lipinski definition) is 5. The highest BCUT2D eigenvalue weighted by atomic mass is 31.2. The molecule has 0 bridgehead atoms. The van der Waals surface area contributed by atoms with E-state index < -0.39 is 32.1 Å². The van der Waals surface area contributed by atoms with Crippen molar-refractivity contribution in [2.45, 2.75) is 24.7 Å². The van der Waals surface area contributed by atoms with Crippen LogP contribution in [0.1, 0.15) is 6.42 Å². The molecule has 0 aromatic carbocycles. The van der Waals surface area contributed by atoms with Crippen LogP contribution in [0, 0.1) is 0 Å². The molecule has 0 amide bonds. The molecule has 1 rings (SSSR count).